The predicted molar refractivity (Wildman–Crippen MR) is 100 cm³/mol. The Morgan fingerprint density at radius 3 is 2.50 bits per heavy atom. The number of anilines is 2. The van der Waals surface area contributed by atoms with Crippen LogP contribution in [0.3, 0.4) is 0 Å². The van der Waals surface area contributed by atoms with Crippen LogP contribution in [0.15, 0.2) is 42.5 Å². The van der Waals surface area contributed by atoms with Crippen molar-refractivity contribution in [1.29, 1.82) is 0 Å². The van der Waals surface area contributed by atoms with Crippen molar-refractivity contribution in [2.24, 2.45) is 0 Å². The highest BCUT2D eigenvalue weighted by atomic mass is 35.5. The van der Waals surface area contributed by atoms with E-state index in [1.54, 1.807) is 6.07 Å². The summed E-state index contributed by atoms with van der Waals surface area (Å²) in [6, 6.07) is 13.1. The lowest BCUT2D eigenvalue weighted by molar-refractivity contribution is -0.114. The molecule has 2 aromatic carbocycles. The lowest BCUT2D eigenvalue weighted by atomic mass is 10.2. The van der Waals surface area contributed by atoms with Crippen molar-refractivity contribution in [2.75, 3.05) is 23.8 Å². The molecule has 0 aliphatic heterocycles. The molecule has 128 valence electrons. The fourth-order valence-corrected chi connectivity index (χ4v) is 2.24. The van der Waals surface area contributed by atoms with Crippen LogP contribution >= 0.6 is 11.6 Å². The van der Waals surface area contributed by atoms with E-state index in [1.807, 2.05) is 43.3 Å². The van der Waals surface area contributed by atoms with Crippen molar-refractivity contribution < 1.29 is 9.53 Å². The summed E-state index contributed by atoms with van der Waals surface area (Å²) in [5, 5.41) is 6.54. The topological polar surface area (TPSA) is 50.4 Å². The summed E-state index contributed by atoms with van der Waals surface area (Å²) in [6.07, 6.45) is 2.16. The van der Waals surface area contributed by atoms with Gasteiger partial charge in [0.1, 0.15) is 5.75 Å². The molecule has 0 radical (unpaired) electrons. The molecule has 5 heteroatoms. The Bertz CT molecular complexity index is 672. The summed E-state index contributed by atoms with van der Waals surface area (Å²) < 4.78 is 5.61. The number of nitrogens with one attached hydrogen (secondary N) is 2. The summed E-state index contributed by atoms with van der Waals surface area (Å²) in [4.78, 5) is 12.0. The number of halogens is 1. The molecule has 0 saturated carbocycles. The lowest BCUT2D eigenvalue weighted by Gasteiger charge is -2.10. The number of hydrogen-bond donors (Lipinski definition) is 2. The molecule has 1 amide bonds. The standard InChI is InChI=1S/C19H23ClN2O2/c1-3-4-11-24-17-9-7-15(8-10-17)21-13-19(23)22-16-6-5-14(2)18(20)12-16/h5-10,12,21H,3-4,11,13H2,1-2H3,(H,22,23). The Hall–Kier alpha value is -2.20. The van der Waals surface area contributed by atoms with E-state index in [-0.39, 0.29) is 12.5 Å². The number of benzene rings is 2. The quantitative estimate of drug-likeness (QED) is 0.670. The minimum absolute atomic E-state index is 0.127. The largest absolute Gasteiger partial charge is 0.494 e. The summed E-state index contributed by atoms with van der Waals surface area (Å²) in [7, 11) is 0. The first-order valence-corrected chi connectivity index (χ1v) is 8.49. The smallest absolute Gasteiger partial charge is 0.243 e. The number of rotatable bonds is 8. The average molecular weight is 347 g/mol. The van der Waals surface area contributed by atoms with Gasteiger partial charge in [0, 0.05) is 16.4 Å². The molecule has 2 rings (SSSR count). The summed E-state index contributed by atoms with van der Waals surface area (Å²) in [5.41, 5.74) is 2.54. The Kier molecular flexibility index (Phi) is 6.94. The maximum absolute atomic E-state index is 12.0. The molecule has 0 aromatic heterocycles. The molecular weight excluding hydrogens is 324 g/mol. The zero-order valence-corrected chi connectivity index (χ0v) is 14.8. The fraction of sp³-hybridized carbons (Fsp3) is 0.316. The van der Waals surface area contributed by atoms with Crippen LogP contribution in [0.25, 0.3) is 0 Å². The van der Waals surface area contributed by atoms with Gasteiger partial charge in [-0.25, -0.2) is 0 Å². The molecule has 2 N–H and O–H groups in total. The highest BCUT2D eigenvalue weighted by Crippen LogP contribution is 2.20. The molecule has 24 heavy (non-hydrogen) atoms. The van der Waals surface area contributed by atoms with Crippen molar-refractivity contribution in [2.45, 2.75) is 26.7 Å². The third-order valence-corrected chi connectivity index (χ3v) is 3.94. The van der Waals surface area contributed by atoms with E-state index in [1.165, 1.54) is 0 Å². The number of carbonyl (C=O) groups excluding carboxylic acids is 1. The van der Waals surface area contributed by atoms with Gasteiger partial charge in [0.15, 0.2) is 0 Å². The van der Waals surface area contributed by atoms with Gasteiger partial charge in [0.25, 0.3) is 0 Å². The van der Waals surface area contributed by atoms with Gasteiger partial charge in [0.05, 0.1) is 13.2 Å². The average Bonchev–Trinajstić information content (AvgIpc) is 2.58. The highest BCUT2D eigenvalue weighted by Gasteiger charge is 2.04. The van der Waals surface area contributed by atoms with E-state index in [9.17, 15) is 4.79 Å². The minimum atomic E-state index is -0.127. The van der Waals surface area contributed by atoms with Gasteiger partial charge >= 0.3 is 0 Å². The van der Waals surface area contributed by atoms with E-state index < -0.39 is 0 Å². The van der Waals surface area contributed by atoms with E-state index in [2.05, 4.69) is 17.6 Å². The molecule has 0 saturated heterocycles. The van der Waals surface area contributed by atoms with Crippen LogP contribution in [0.4, 0.5) is 11.4 Å². The molecule has 0 bridgehead atoms. The Morgan fingerprint density at radius 1 is 1.12 bits per heavy atom. The SMILES string of the molecule is CCCCOc1ccc(NCC(=O)Nc2ccc(C)c(Cl)c2)cc1. The molecule has 0 unspecified atom stereocenters. The number of unbranched alkanes of at least 4 members (excludes halogenated alkanes) is 1. The lowest BCUT2D eigenvalue weighted by Crippen LogP contribution is -2.21. The number of amides is 1. The van der Waals surface area contributed by atoms with Gasteiger partial charge in [-0.05, 0) is 55.3 Å². The van der Waals surface area contributed by atoms with Gasteiger partial charge in [-0.2, -0.15) is 0 Å². The summed E-state index contributed by atoms with van der Waals surface area (Å²) in [5.74, 6) is 0.714. The first kappa shape index (κ1) is 18.1. The summed E-state index contributed by atoms with van der Waals surface area (Å²) in [6.45, 7) is 4.96. The molecule has 0 fully saturated rings. The normalized spacial score (nSPS) is 10.3. The monoisotopic (exact) mass is 346 g/mol. The van der Waals surface area contributed by atoms with E-state index in [4.69, 9.17) is 16.3 Å². The molecule has 0 aliphatic rings. The highest BCUT2D eigenvalue weighted by molar-refractivity contribution is 6.31. The van der Waals surface area contributed by atoms with Crippen molar-refractivity contribution in [3.05, 3.63) is 53.1 Å². The number of aryl methyl sites for hydroxylation is 1. The number of carbonyl (C=O) groups is 1. The number of hydrogen-bond acceptors (Lipinski definition) is 3. The molecule has 0 spiro atoms. The zero-order valence-electron chi connectivity index (χ0n) is 14.1. The van der Waals surface area contributed by atoms with Crippen LogP contribution in [-0.2, 0) is 4.79 Å². The van der Waals surface area contributed by atoms with E-state index in [0.29, 0.717) is 10.7 Å². The zero-order chi connectivity index (χ0) is 17.4. The van der Waals surface area contributed by atoms with E-state index in [0.717, 1.165) is 36.4 Å². The van der Waals surface area contributed by atoms with Gasteiger partial charge in [0.2, 0.25) is 5.91 Å². The Labute approximate surface area is 148 Å². The van der Waals surface area contributed by atoms with Gasteiger partial charge in [-0.1, -0.05) is 31.0 Å². The van der Waals surface area contributed by atoms with Crippen molar-refractivity contribution in [1.82, 2.24) is 0 Å². The second-order valence-corrected chi connectivity index (χ2v) is 6.00. The van der Waals surface area contributed by atoms with Crippen LogP contribution in [0.1, 0.15) is 25.3 Å². The summed E-state index contributed by atoms with van der Waals surface area (Å²) >= 11 is 6.05. The first-order valence-electron chi connectivity index (χ1n) is 8.11. The van der Waals surface area contributed by atoms with Gasteiger partial charge in [-0.3, -0.25) is 4.79 Å². The maximum atomic E-state index is 12.0. The van der Waals surface area contributed by atoms with E-state index >= 15 is 0 Å². The molecule has 0 atom stereocenters. The maximum Gasteiger partial charge on any atom is 0.243 e. The predicted octanol–water partition coefficient (Wildman–Crippen LogP) is 4.88. The molecule has 0 aliphatic carbocycles. The molecule has 2 aromatic rings. The molecular formula is C19H23ClN2O2. The Balaban J connectivity index is 1.79. The van der Waals surface area contributed by atoms with Gasteiger partial charge in [-0.15, -0.1) is 0 Å². The van der Waals surface area contributed by atoms with Crippen LogP contribution in [0.5, 0.6) is 5.75 Å². The third kappa shape index (κ3) is 5.78. The first-order chi connectivity index (χ1) is 11.6. The third-order valence-electron chi connectivity index (χ3n) is 3.53. The second kappa shape index (κ2) is 9.18. The molecule has 4 nitrogen and oxygen atoms in total. The second-order valence-electron chi connectivity index (χ2n) is 5.59. The van der Waals surface area contributed by atoms with Crippen LogP contribution in [0, 0.1) is 6.92 Å². The minimum Gasteiger partial charge on any atom is -0.494 e. The van der Waals surface area contributed by atoms with Crippen LogP contribution in [-0.4, -0.2) is 19.1 Å². The van der Waals surface area contributed by atoms with Crippen molar-refractivity contribution in [3.8, 4) is 5.75 Å². The van der Waals surface area contributed by atoms with Crippen molar-refractivity contribution in [3.63, 3.8) is 0 Å². The molecule has 0 heterocycles. The van der Waals surface area contributed by atoms with Crippen LogP contribution in [0.2, 0.25) is 5.02 Å². The Morgan fingerprint density at radius 2 is 1.83 bits per heavy atom. The van der Waals surface area contributed by atoms with Crippen molar-refractivity contribution >= 4 is 28.9 Å². The van der Waals surface area contributed by atoms with Gasteiger partial charge < -0.3 is 15.4 Å². The van der Waals surface area contributed by atoms with Crippen LogP contribution < -0.4 is 15.4 Å². The fourth-order valence-electron chi connectivity index (χ4n) is 2.06. The number of ether oxygens (including phenoxy) is 1.